The first-order valence-corrected chi connectivity index (χ1v) is 10.0. The molecule has 9 nitrogen and oxygen atoms in total. The molecule has 0 saturated carbocycles. The van der Waals surface area contributed by atoms with E-state index in [1.54, 1.807) is 19.6 Å². The number of nitrogens with one attached hydrogen (secondary N) is 2. The summed E-state index contributed by atoms with van der Waals surface area (Å²) in [6, 6.07) is -0.629. The van der Waals surface area contributed by atoms with Crippen molar-refractivity contribution in [1.82, 2.24) is 30.0 Å². The molecular weight excluding hydrogens is 360 g/mol. The zero-order valence-electron chi connectivity index (χ0n) is 16.3. The van der Waals surface area contributed by atoms with Crippen LogP contribution in [0.2, 0.25) is 0 Å². The van der Waals surface area contributed by atoms with Crippen LogP contribution in [0, 0.1) is 5.41 Å². The summed E-state index contributed by atoms with van der Waals surface area (Å²) >= 11 is 0. The van der Waals surface area contributed by atoms with Gasteiger partial charge in [0.1, 0.15) is 6.04 Å². The van der Waals surface area contributed by atoms with E-state index >= 15 is 0 Å². The van der Waals surface area contributed by atoms with Gasteiger partial charge in [0, 0.05) is 58.0 Å². The Labute approximate surface area is 164 Å². The van der Waals surface area contributed by atoms with Gasteiger partial charge in [0.05, 0.1) is 12.9 Å². The number of carbonyl (C=O) groups is 3. The van der Waals surface area contributed by atoms with E-state index in [1.807, 2.05) is 9.80 Å². The van der Waals surface area contributed by atoms with Gasteiger partial charge in [0.15, 0.2) is 0 Å². The van der Waals surface area contributed by atoms with E-state index in [1.165, 1.54) is 4.90 Å². The van der Waals surface area contributed by atoms with Gasteiger partial charge in [0.2, 0.25) is 11.8 Å². The van der Waals surface area contributed by atoms with Gasteiger partial charge in [-0.2, -0.15) is 0 Å². The summed E-state index contributed by atoms with van der Waals surface area (Å²) in [5, 5.41) is 2.75. The van der Waals surface area contributed by atoms with Gasteiger partial charge in [-0.05, 0) is 24.7 Å². The zero-order chi connectivity index (χ0) is 19.7. The molecule has 28 heavy (non-hydrogen) atoms. The van der Waals surface area contributed by atoms with Crippen LogP contribution in [0.3, 0.4) is 0 Å². The predicted octanol–water partition coefficient (Wildman–Crippen LogP) is 0.207. The number of imidazole rings is 1. The van der Waals surface area contributed by atoms with Crippen LogP contribution < -0.4 is 5.32 Å². The average Bonchev–Trinajstić information content (AvgIpc) is 3.33. The predicted molar refractivity (Wildman–Crippen MR) is 101 cm³/mol. The van der Waals surface area contributed by atoms with Gasteiger partial charge in [-0.25, -0.2) is 9.78 Å². The summed E-state index contributed by atoms with van der Waals surface area (Å²) in [5.74, 6) is 0.232. The standard InChI is InChI=1S/C19H28N6O3/c1-23-11-15(22-18(23)28)17(27)24-8-5-19(6-9-24)4-2-16(26)25(12-19)7-3-14-10-20-13-21-14/h10,13,15H,2-9,11-12H2,1H3,(H,20,21)(H,22,28)/t15-/m0/s1. The SMILES string of the molecule is CN1C[C@@H](C(=O)N2CCC3(CCC(=O)N(CCc4cnc[nH]4)C3)CC2)NC1=O. The molecule has 0 radical (unpaired) electrons. The Morgan fingerprint density at radius 1 is 1.29 bits per heavy atom. The minimum absolute atomic E-state index is 0.00976. The maximum atomic E-state index is 12.7. The molecule has 3 fully saturated rings. The second-order valence-electron chi connectivity index (χ2n) is 8.35. The Morgan fingerprint density at radius 3 is 2.71 bits per heavy atom. The van der Waals surface area contributed by atoms with Crippen molar-refractivity contribution in [3.05, 3.63) is 18.2 Å². The number of likely N-dealkylation sites (N-methyl/N-ethyl adjacent to an activating group) is 1. The Hall–Kier alpha value is -2.58. The number of aromatic nitrogens is 2. The molecule has 152 valence electrons. The number of likely N-dealkylation sites (tertiary alicyclic amines) is 2. The molecule has 1 atom stereocenters. The Bertz CT molecular complexity index is 741. The Kier molecular flexibility index (Phi) is 4.99. The number of H-pyrrole nitrogens is 1. The third-order valence-corrected chi connectivity index (χ3v) is 6.49. The fraction of sp³-hybridized carbons (Fsp3) is 0.684. The maximum absolute atomic E-state index is 12.7. The van der Waals surface area contributed by atoms with Gasteiger partial charge >= 0.3 is 6.03 Å². The van der Waals surface area contributed by atoms with Crippen molar-refractivity contribution in [2.24, 2.45) is 5.41 Å². The number of amides is 4. The molecular formula is C19H28N6O3. The lowest BCUT2D eigenvalue weighted by molar-refractivity contribution is -0.143. The van der Waals surface area contributed by atoms with Crippen molar-refractivity contribution in [1.29, 1.82) is 0 Å². The first-order chi connectivity index (χ1) is 13.5. The topological polar surface area (TPSA) is 102 Å². The number of piperidine rings is 2. The van der Waals surface area contributed by atoms with Crippen LogP contribution in [-0.2, 0) is 16.0 Å². The van der Waals surface area contributed by atoms with Crippen molar-refractivity contribution in [3.63, 3.8) is 0 Å². The number of nitrogens with zero attached hydrogens (tertiary/aromatic N) is 4. The largest absolute Gasteiger partial charge is 0.348 e. The first-order valence-electron chi connectivity index (χ1n) is 10.0. The van der Waals surface area contributed by atoms with Crippen LogP contribution in [0.25, 0.3) is 0 Å². The molecule has 3 aliphatic heterocycles. The highest BCUT2D eigenvalue weighted by atomic mass is 16.2. The number of aromatic amines is 1. The van der Waals surface area contributed by atoms with Crippen molar-refractivity contribution >= 4 is 17.8 Å². The van der Waals surface area contributed by atoms with Crippen LogP contribution in [-0.4, -0.2) is 88.3 Å². The Morgan fingerprint density at radius 2 is 2.07 bits per heavy atom. The lowest BCUT2D eigenvalue weighted by atomic mass is 9.72. The smallest absolute Gasteiger partial charge is 0.317 e. The molecule has 4 amide bonds. The van der Waals surface area contributed by atoms with E-state index in [4.69, 9.17) is 0 Å². The van der Waals surface area contributed by atoms with Gasteiger partial charge in [-0.15, -0.1) is 0 Å². The number of hydrogen-bond donors (Lipinski definition) is 2. The summed E-state index contributed by atoms with van der Waals surface area (Å²) in [6.45, 7) is 3.28. The number of rotatable bonds is 4. The highest BCUT2D eigenvalue weighted by Crippen LogP contribution is 2.40. The van der Waals surface area contributed by atoms with E-state index in [0.717, 1.165) is 37.9 Å². The summed E-state index contributed by atoms with van der Waals surface area (Å²) in [5.41, 5.74) is 1.14. The van der Waals surface area contributed by atoms with Crippen molar-refractivity contribution in [3.8, 4) is 0 Å². The quantitative estimate of drug-likeness (QED) is 0.770. The minimum Gasteiger partial charge on any atom is -0.348 e. The van der Waals surface area contributed by atoms with Crippen LogP contribution in [0.5, 0.6) is 0 Å². The zero-order valence-corrected chi connectivity index (χ0v) is 16.3. The molecule has 0 aromatic carbocycles. The van der Waals surface area contributed by atoms with Crippen molar-refractivity contribution in [2.75, 3.05) is 39.8 Å². The van der Waals surface area contributed by atoms with E-state index in [0.29, 0.717) is 32.6 Å². The lowest BCUT2D eigenvalue weighted by Gasteiger charge is -2.47. The van der Waals surface area contributed by atoms with Crippen molar-refractivity contribution in [2.45, 2.75) is 38.1 Å². The third-order valence-electron chi connectivity index (χ3n) is 6.49. The fourth-order valence-electron chi connectivity index (χ4n) is 4.61. The van der Waals surface area contributed by atoms with Crippen molar-refractivity contribution < 1.29 is 14.4 Å². The Balaban J connectivity index is 1.32. The highest BCUT2D eigenvalue weighted by molar-refractivity contribution is 5.90. The van der Waals surface area contributed by atoms with E-state index in [2.05, 4.69) is 15.3 Å². The molecule has 2 N–H and O–H groups in total. The molecule has 0 bridgehead atoms. The van der Waals surface area contributed by atoms with Crippen LogP contribution >= 0.6 is 0 Å². The normalized spacial score (nSPS) is 24.8. The molecule has 1 aromatic heterocycles. The van der Waals surface area contributed by atoms with E-state index < -0.39 is 6.04 Å². The van der Waals surface area contributed by atoms with Gasteiger partial charge in [0.25, 0.3) is 0 Å². The van der Waals surface area contributed by atoms with E-state index in [9.17, 15) is 14.4 Å². The molecule has 4 heterocycles. The number of carbonyl (C=O) groups excluding carboxylic acids is 3. The lowest BCUT2D eigenvalue weighted by Crippen LogP contribution is -2.55. The second kappa shape index (κ2) is 7.44. The van der Waals surface area contributed by atoms with Gasteiger partial charge in [-0.3, -0.25) is 9.59 Å². The molecule has 1 spiro atoms. The van der Waals surface area contributed by atoms with Crippen LogP contribution in [0.1, 0.15) is 31.4 Å². The molecule has 3 saturated heterocycles. The second-order valence-corrected chi connectivity index (χ2v) is 8.35. The molecule has 0 aliphatic carbocycles. The highest BCUT2D eigenvalue weighted by Gasteiger charge is 2.43. The summed E-state index contributed by atoms with van der Waals surface area (Å²) < 4.78 is 0. The first kappa shape index (κ1) is 18.8. The molecule has 3 aliphatic rings. The number of hydrogen-bond acceptors (Lipinski definition) is 4. The minimum atomic E-state index is -0.439. The average molecular weight is 388 g/mol. The molecule has 0 unspecified atom stereocenters. The van der Waals surface area contributed by atoms with Crippen LogP contribution in [0.4, 0.5) is 4.79 Å². The summed E-state index contributed by atoms with van der Waals surface area (Å²) in [6.07, 6.45) is 7.53. The number of urea groups is 1. The van der Waals surface area contributed by atoms with Gasteiger partial charge in [-0.1, -0.05) is 0 Å². The summed E-state index contributed by atoms with van der Waals surface area (Å²) in [4.78, 5) is 49.2. The molecule has 4 rings (SSSR count). The third kappa shape index (κ3) is 3.70. The summed E-state index contributed by atoms with van der Waals surface area (Å²) in [7, 11) is 1.70. The van der Waals surface area contributed by atoms with Crippen LogP contribution in [0.15, 0.2) is 12.5 Å². The van der Waals surface area contributed by atoms with E-state index in [-0.39, 0.29) is 23.3 Å². The molecule has 1 aromatic rings. The van der Waals surface area contributed by atoms with Gasteiger partial charge < -0.3 is 25.0 Å². The maximum Gasteiger partial charge on any atom is 0.317 e. The fourth-order valence-corrected chi connectivity index (χ4v) is 4.61. The monoisotopic (exact) mass is 388 g/mol. The molecule has 9 heteroatoms.